The van der Waals surface area contributed by atoms with E-state index in [-0.39, 0.29) is 18.4 Å². The summed E-state index contributed by atoms with van der Waals surface area (Å²) in [5.74, 6) is -0.131. The number of hydrogen-bond donors (Lipinski definition) is 0. The highest BCUT2D eigenvalue weighted by molar-refractivity contribution is 6.29. The van der Waals surface area contributed by atoms with E-state index in [4.69, 9.17) is 16.3 Å². The summed E-state index contributed by atoms with van der Waals surface area (Å²) < 4.78 is 4.83. The molecule has 2 rings (SSSR count). The van der Waals surface area contributed by atoms with E-state index in [9.17, 15) is 9.59 Å². The van der Waals surface area contributed by atoms with Gasteiger partial charge in [-0.15, -0.1) is 0 Å². The van der Waals surface area contributed by atoms with E-state index < -0.39 is 0 Å². The Morgan fingerprint density at radius 2 is 1.86 bits per heavy atom. The standard InChI is InChI=1S/C14H18ClN3O3/c1-10-7-11(8-12(15)16-10)14(20)18-5-3-17(4-6-18)13(19)9-21-2/h7-8H,3-6,9H2,1-2H3. The minimum atomic E-state index is -0.0822. The number of ether oxygens (including phenoxy) is 1. The molecular weight excluding hydrogens is 294 g/mol. The summed E-state index contributed by atoms with van der Waals surface area (Å²) >= 11 is 5.88. The molecule has 114 valence electrons. The molecule has 1 aliphatic rings. The van der Waals surface area contributed by atoms with Gasteiger partial charge in [0.1, 0.15) is 11.8 Å². The predicted molar refractivity (Wildman–Crippen MR) is 78.3 cm³/mol. The maximum atomic E-state index is 12.4. The maximum Gasteiger partial charge on any atom is 0.254 e. The predicted octanol–water partition coefficient (Wildman–Crippen LogP) is 0.974. The molecule has 0 aliphatic carbocycles. The van der Waals surface area contributed by atoms with Crippen molar-refractivity contribution < 1.29 is 14.3 Å². The third-order valence-corrected chi connectivity index (χ3v) is 3.55. The Labute approximate surface area is 128 Å². The molecule has 0 spiro atoms. The topological polar surface area (TPSA) is 62.7 Å². The molecule has 0 unspecified atom stereocenters. The van der Waals surface area contributed by atoms with Crippen LogP contribution in [0.3, 0.4) is 0 Å². The van der Waals surface area contributed by atoms with Crippen molar-refractivity contribution in [3.63, 3.8) is 0 Å². The second kappa shape index (κ2) is 6.87. The van der Waals surface area contributed by atoms with Gasteiger partial charge >= 0.3 is 0 Å². The molecule has 0 aromatic carbocycles. The highest BCUT2D eigenvalue weighted by atomic mass is 35.5. The van der Waals surface area contributed by atoms with E-state index in [1.807, 2.05) is 0 Å². The second-order valence-corrected chi connectivity index (χ2v) is 5.31. The first kappa shape index (κ1) is 15.7. The lowest BCUT2D eigenvalue weighted by molar-refractivity contribution is -0.136. The van der Waals surface area contributed by atoms with Crippen molar-refractivity contribution in [1.82, 2.24) is 14.8 Å². The lowest BCUT2D eigenvalue weighted by Gasteiger charge is -2.34. The number of hydrogen-bond acceptors (Lipinski definition) is 4. The third kappa shape index (κ3) is 3.92. The smallest absolute Gasteiger partial charge is 0.254 e. The number of methoxy groups -OCH3 is 1. The van der Waals surface area contributed by atoms with E-state index in [1.165, 1.54) is 7.11 Å². The Morgan fingerprint density at radius 1 is 1.24 bits per heavy atom. The summed E-state index contributed by atoms with van der Waals surface area (Å²) in [5, 5.41) is 0.312. The molecule has 2 heterocycles. The van der Waals surface area contributed by atoms with Gasteiger partial charge in [-0.25, -0.2) is 4.98 Å². The van der Waals surface area contributed by atoms with Crippen LogP contribution < -0.4 is 0 Å². The van der Waals surface area contributed by atoms with Gasteiger partial charge in [-0.1, -0.05) is 11.6 Å². The summed E-state index contributed by atoms with van der Waals surface area (Å²) in [4.78, 5) is 31.6. The second-order valence-electron chi connectivity index (χ2n) is 4.93. The van der Waals surface area contributed by atoms with Gasteiger partial charge in [-0.05, 0) is 19.1 Å². The lowest BCUT2D eigenvalue weighted by atomic mass is 10.2. The Hall–Kier alpha value is -1.66. The van der Waals surface area contributed by atoms with Gasteiger partial charge in [0.2, 0.25) is 5.91 Å². The van der Waals surface area contributed by atoms with Gasteiger partial charge in [0.05, 0.1) is 0 Å². The number of halogens is 1. The number of piperazine rings is 1. The average Bonchev–Trinajstić information content (AvgIpc) is 2.46. The molecule has 0 bridgehead atoms. The fourth-order valence-corrected chi connectivity index (χ4v) is 2.56. The first-order chi connectivity index (χ1) is 10.0. The van der Waals surface area contributed by atoms with Crippen LogP contribution in [0.2, 0.25) is 5.15 Å². The SMILES string of the molecule is COCC(=O)N1CCN(C(=O)c2cc(C)nc(Cl)c2)CC1. The van der Waals surface area contributed by atoms with E-state index >= 15 is 0 Å². The number of carbonyl (C=O) groups excluding carboxylic acids is 2. The Bertz CT molecular complexity index is 522. The number of carbonyl (C=O) groups is 2. The number of amides is 2. The Morgan fingerprint density at radius 3 is 2.43 bits per heavy atom. The van der Waals surface area contributed by atoms with Gasteiger partial charge in [0.25, 0.3) is 5.91 Å². The average molecular weight is 312 g/mol. The van der Waals surface area contributed by atoms with Gasteiger partial charge in [-0.2, -0.15) is 0 Å². The molecule has 7 heteroatoms. The first-order valence-corrected chi connectivity index (χ1v) is 7.09. The summed E-state index contributed by atoms with van der Waals surface area (Å²) in [5.41, 5.74) is 1.24. The molecule has 1 aliphatic heterocycles. The van der Waals surface area contributed by atoms with Crippen LogP contribution in [0.25, 0.3) is 0 Å². The van der Waals surface area contributed by atoms with Crippen LogP contribution in [0.1, 0.15) is 16.1 Å². The van der Waals surface area contributed by atoms with Crippen LogP contribution in [0.15, 0.2) is 12.1 Å². The van der Waals surface area contributed by atoms with Crippen LogP contribution in [-0.4, -0.2) is 66.5 Å². The Balaban J connectivity index is 1.98. The molecule has 2 amide bonds. The largest absolute Gasteiger partial charge is 0.375 e. The number of rotatable bonds is 3. The minimum Gasteiger partial charge on any atom is -0.375 e. The number of aromatic nitrogens is 1. The van der Waals surface area contributed by atoms with E-state index in [0.717, 1.165) is 0 Å². The van der Waals surface area contributed by atoms with E-state index in [1.54, 1.807) is 28.9 Å². The van der Waals surface area contributed by atoms with Crippen molar-refractivity contribution in [2.24, 2.45) is 0 Å². The van der Waals surface area contributed by atoms with Gasteiger partial charge in [0.15, 0.2) is 0 Å². The zero-order chi connectivity index (χ0) is 15.4. The highest BCUT2D eigenvalue weighted by Crippen LogP contribution is 2.14. The van der Waals surface area contributed by atoms with Crippen molar-refractivity contribution in [1.29, 1.82) is 0 Å². The van der Waals surface area contributed by atoms with Gasteiger partial charge in [-0.3, -0.25) is 9.59 Å². The highest BCUT2D eigenvalue weighted by Gasteiger charge is 2.25. The van der Waals surface area contributed by atoms with Crippen molar-refractivity contribution in [3.05, 3.63) is 28.5 Å². The number of aryl methyl sites for hydroxylation is 1. The fraction of sp³-hybridized carbons (Fsp3) is 0.500. The summed E-state index contributed by atoms with van der Waals surface area (Å²) in [6.45, 7) is 3.93. The molecule has 21 heavy (non-hydrogen) atoms. The molecule has 0 atom stereocenters. The zero-order valence-corrected chi connectivity index (χ0v) is 12.9. The summed E-state index contributed by atoms with van der Waals surface area (Å²) in [6.07, 6.45) is 0. The molecule has 0 N–H and O–H groups in total. The molecular formula is C14H18ClN3O3. The first-order valence-electron chi connectivity index (χ1n) is 6.71. The van der Waals surface area contributed by atoms with Crippen molar-refractivity contribution in [3.8, 4) is 0 Å². The minimum absolute atomic E-state index is 0.0487. The fourth-order valence-electron chi connectivity index (χ4n) is 2.31. The van der Waals surface area contributed by atoms with E-state index in [2.05, 4.69) is 4.98 Å². The van der Waals surface area contributed by atoms with Crippen LogP contribution in [-0.2, 0) is 9.53 Å². The number of pyridine rings is 1. The van der Waals surface area contributed by atoms with Crippen LogP contribution in [0.4, 0.5) is 0 Å². The normalized spacial score (nSPS) is 15.2. The maximum absolute atomic E-state index is 12.4. The van der Waals surface area contributed by atoms with Crippen LogP contribution >= 0.6 is 11.6 Å². The molecule has 1 aromatic heterocycles. The third-order valence-electron chi connectivity index (χ3n) is 3.36. The molecule has 0 radical (unpaired) electrons. The molecule has 1 saturated heterocycles. The molecule has 1 fully saturated rings. The summed E-state index contributed by atoms with van der Waals surface area (Å²) in [7, 11) is 1.49. The number of nitrogens with zero attached hydrogens (tertiary/aromatic N) is 3. The quantitative estimate of drug-likeness (QED) is 0.781. The summed E-state index contributed by atoms with van der Waals surface area (Å²) in [6, 6.07) is 3.29. The van der Waals surface area contributed by atoms with Crippen molar-refractivity contribution in [2.75, 3.05) is 39.9 Å². The molecule has 1 aromatic rings. The zero-order valence-electron chi connectivity index (χ0n) is 12.1. The molecule has 0 saturated carbocycles. The molecule has 6 nitrogen and oxygen atoms in total. The van der Waals surface area contributed by atoms with Crippen LogP contribution in [0.5, 0.6) is 0 Å². The van der Waals surface area contributed by atoms with E-state index in [0.29, 0.717) is 42.6 Å². The van der Waals surface area contributed by atoms with Gasteiger partial charge in [0, 0.05) is 44.5 Å². The monoisotopic (exact) mass is 311 g/mol. The van der Waals surface area contributed by atoms with Gasteiger partial charge < -0.3 is 14.5 Å². The van der Waals surface area contributed by atoms with Crippen molar-refractivity contribution in [2.45, 2.75) is 6.92 Å². The lowest BCUT2D eigenvalue weighted by Crippen LogP contribution is -2.51. The Kier molecular flexibility index (Phi) is 5.14. The van der Waals surface area contributed by atoms with Crippen LogP contribution in [0, 0.1) is 6.92 Å². The van der Waals surface area contributed by atoms with Crippen molar-refractivity contribution >= 4 is 23.4 Å².